The van der Waals surface area contributed by atoms with Crippen molar-refractivity contribution in [3.63, 3.8) is 0 Å². The summed E-state index contributed by atoms with van der Waals surface area (Å²) in [5.74, 6) is 1.12. The standard InChI is InChI=1S/C20H20BrN3O3S/c1-28(25,26)14-4-2-3-12(7-14)10-27-18-9-17-15(8-16(18)21)20(24-11-23-17)19(22)13-5-6-13/h2-4,7-9,11,13,19H,5-6,10,22H2,1H3. The number of sulfone groups is 1. The lowest BCUT2D eigenvalue weighted by Crippen LogP contribution is -2.15. The van der Waals surface area contributed by atoms with Crippen molar-refractivity contribution in [2.75, 3.05) is 6.26 Å². The van der Waals surface area contributed by atoms with Crippen molar-refractivity contribution < 1.29 is 13.2 Å². The number of nitrogens with two attached hydrogens (primary N) is 1. The van der Waals surface area contributed by atoms with Crippen molar-refractivity contribution in [2.24, 2.45) is 11.7 Å². The van der Waals surface area contributed by atoms with Crippen LogP contribution in [0, 0.1) is 5.92 Å². The summed E-state index contributed by atoms with van der Waals surface area (Å²) in [5.41, 5.74) is 8.75. The molecule has 0 saturated heterocycles. The summed E-state index contributed by atoms with van der Waals surface area (Å²) in [6, 6.07) is 10.5. The summed E-state index contributed by atoms with van der Waals surface area (Å²) in [6.45, 7) is 0.243. The van der Waals surface area contributed by atoms with Gasteiger partial charge in [-0.25, -0.2) is 18.4 Å². The Morgan fingerprint density at radius 3 is 2.75 bits per heavy atom. The molecule has 3 aromatic rings. The maximum atomic E-state index is 11.7. The molecule has 146 valence electrons. The second-order valence-corrected chi connectivity index (χ2v) is 10.0. The van der Waals surface area contributed by atoms with Gasteiger partial charge in [-0.3, -0.25) is 0 Å². The van der Waals surface area contributed by atoms with Crippen molar-refractivity contribution in [3.05, 3.63) is 58.5 Å². The fraction of sp³-hybridized carbons (Fsp3) is 0.300. The van der Waals surface area contributed by atoms with Gasteiger partial charge in [0.2, 0.25) is 0 Å². The van der Waals surface area contributed by atoms with Crippen molar-refractivity contribution >= 4 is 36.7 Å². The van der Waals surface area contributed by atoms with Gasteiger partial charge in [-0.05, 0) is 58.5 Å². The Kier molecular flexibility index (Phi) is 5.11. The summed E-state index contributed by atoms with van der Waals surface area (Å²) in [5, 5.41) is 0.917. The molecule has 0 amide bonds. The summed E-state index contributed by atoms with van der Waals surface area (Å²) in [7, 11) is -3.25. The molecule has 2 aromatic carbocycles. The molecule has 1 aliphatic carbocycles. The predicted molar refractivity (Wildman–Crippen MR) is 111 cm³/mol. The molecule has 0 aliphatic heterocycles. The minimum atomic E-state index is -3.25. The van der Waals surface area contributed by atoms with Crippen molar-refractivity contribution in [1.29, 1.82) is 0 Å². The smallest absolute Gasteiger partial charge is 0.175 e. The van der Waals surface area contributed by atoms with Crippen LogP contribution in [0.25, 0.3) is 10.9 Å². The SMILES string of the molecule is CS(=O)(=O)c1cccc(COc2cc3ncnc(C(N)C4CC4)c3cc2Br)c1. The van der Waals surface area contributed by atoms with Crippen LogP contribution in [0.4, 0.5) is 0 Å². The molecule has 0 radical (unpaired) electrons. The second-order valence-electron chi connectivity index (χ2n) is 7.13. The molecule has 1 fully saturated rings. The van der Waals surface area contributed by atoms with E-state index in [0.717, 1.165) is 39.5 Å². The summed E-state index contributed by atoms with van der Waals surface area (Å²) < 4.78 is 30.2. The predicted octanol–water partition coefficient (Wildman–Crippen LogP) is 3.78. The number of hydrogen-bond donors (Lipinski definition) is 1. The van der Waals surface area contributed by atoms with E-state index in [1.165, 1.54) is 12.6 Å². The zero-order valence-electron chi connectivity index (χ0n) is 15.3. The Morgan fingerprint density at radius 1 is 1.25 bits per heavy atom. The van der Waals surface area contributed by atoms with Crippen LogP contribution in [0.2, 0.25) is 0 Å². The van der Waals surface area contributed by atoms with Gasteiger partial charge in [0.1, 0.15) is 18.7 Å². The lowest BCUT2D eigenvalue weighted by molar-refractivity contribution is 0.304. The van der Waals surface area contributed by atoms with Gasteiger partial charge < -0.3 is 10.5 Å². The topological polar surface area (TPSA) is 95.2 Å². The Balaban J connectivity index is 1.60. The molecule has 2 N–H and O–H groups in total. The third-order valence-corrected chi connectivity index (χ3v) is 6.62. The van der Waals surface area contributed by atoms with Crippen LogP contribution < -0.4 is 10.5 Å². The van der Waals surface area contributed by atoms with Crippen molar-refractivity contribution in [2.45, 2.75) is 30.4 Å². The fourth-order valence-corrected chi connectivity index (χ4v) is 4.31. The number of fused-ring (bicyclic) bond motifs is 1. The molecule has 1 aromatic heterocycles. The highest BCUT2D eigenvalue weighted by atomic mass is 79.9. The lowest BCUT2D eigenvalue weighted by atomic mass is 10.0. The Hall–Kier alpha value is -2.03. The number of aromatic nitrogens is 2. The highest BCUT2D eigenvalue weighted by molar-refractivity contribution is 9.10. The Labute approximate surface area is 172 Å². The zero-order valence-corrected chi connectivity index (χ0v) is 17.7. The first-order valence-corrected chi connectivity index (χ1v) is 11.6. The first kappa shape index (κ1) is 19.3. The van der Waals surface area contributed by atoms with E-state index in [-0.39, 0.29) is 17.5 Å². The molecule has 1 aliphatic rings. The van der Waals surface area contributed by atoms with Gasteiger partial charge in [0.25, 0.3) is 0 Å². The van der Waals surface area contributed by atoms with E-state index in [1.54, 1.807) is 18.2 Å². The lowest BCUT2D eigenvalue weighted by Gasteiger charge is -2.14. The van der Waals surface area contributed by atoms with Gasteiger partial charge in [-0.2, -0.15) is 0 Å². The highest BCUT2D eigenvalue weighted by Crippen LogP contribution is 2.41. The summed E-state index contributed by atoms with van der Waals surface area (Å²) in [4.78, 5) is 9.05. The minimum Gasteiger partial charge on any atom is -0.488 e. The number of ether oxygens (including phenoxy) is 1. The van der Waals surface area contributed by atoms with Crippen LogP contribution in [0.5, 0.6) is 5.75 Å². The first-order chi connectivity index (χ1) is 13.3. The van der Waals surface area contributed by atoms with Crippen LogP contribution in [0.15, 0.2) is 52.1 Å². The second kappa shape index (κ2) is 7.42. The molecule has 1 atom stereocenters. The number of benzene rings is 2. The third-order valence-electron chi connectivity index (χ3n) is 4.89. The van der Waals surface area contributed by atoms with Crippen LogP contribution in [0.3, 0.4) is 0 Å². The van der Waals surface area contributed by atoms with Crippen molar-refractivity contribution in [3.8, 4) is 5.75 Å². The molecule has 1 saturated carbocycles. The molecule has 1 heterocycles. The molecule has 8 heteroatoms. The van der Waals surface area contributed by atoms with Gasteiger partial charge in [0.15, 0.2) is 9.84 Å². The highest BCUT2D eigenvalue weighted by Gasteiger charge is 2.31. The number of rotatable bonds is 6. The van der Waals surface area contributed by atoms with E-state index < -0.39 is 9.84 Å². The van der Waals surface area contributed by atoms with E-state index in [2.05, 4.69) is 25.9 Å². The third kappa shape index (κ3) is 4.04. The Morgan fingerprint density at radius 2 is 2.04 bits per heavy atom. The zero-order chi connectivity index (χ0) is 19.9. The maximum absolute atomic E-state index is 11.7. The molecule has 4 rings (SSSR count). The molecule has 0 spiro atoms. The number of hydrogen-bond acceptors (Lipinski definition) is 6. The van der Waals surface area contributed by atoms with E-state index in [9.17, 15) is 8.42 Å². The minimum absolute atomic E-state index is 0.0806. The largest absolute Gasteiger partial charge is 0.488 e. The van der Waals surface area contributed by atoms with Gasteiger partial charge in [0.05, 0.1) is 26.6 Å². The number of halogens is 1. The van der Waals surface area contributed by atoms with Crippen LogP contribution in [-0.4, -0.2) is 24.6 Å². The van der Waals surface area contributed by atoms with Gasteiger partial charge in [0, 0.05) is 17.7 Å². The molecule has 0 bridgehead atoms. The van der Waals surface area contributed by atoms with Crippen LogP contribution in [-0.2, 0) is 16.4 Å². The first-order valence-electron chi connectivity index (χ1n) is 8.94. The van der Waals surface area contributed by atoms with Gasteiger partial charge in [-0.1, -0.05) is 12.1 Å². The van der Waals surface area contributed by atoms with E-state index in [4.69, 9.17) is 10.5 Å². The molecular formula is C20H20BrN3O3S. The van der Waals surface area contributed by atoms with E-state index >= 15 is 0 Å². The Bertz CT molecular complexity index is 1150. The molecular weight excluding hydrogens is 442 g/mol. The van der Waals surface area contributed by atoms with Gasteiger partial charge >= 0.3 is 0 Å². The normalized spacial score (nSPS) is 15.5. The average molecular weight is 462 g/mol. The van der Waals surface area contributed by atoms with Crippen molar-refractivity contribution in [1.82, 2.24) is 9.97 Å². The molecule has 28 heavy (non-hydrogen) atoms. The average Bonchev–Trinajstić information content (AvgIpc) is 3.50. The van der Waals surface area contributed by atoms with Gasteiger partial charge in [-0.15, -0.1) is 0 Å². The molecule has 1 unspecified atom stereocenters. The number of nitrogens with zero attached hydrogens (tertiary/aromatic N) is 2. The quantitative estimate of drug-likeness (QED) is 0.599. The summed E-state index contributed by atoms with van der Waals surface area (Å²) >= 11 is 3.56. The monoisotopic (exact) mass is 461 g/mol. The fourth-order valence-electron chi connectivity index (χ4n) is 3.16. The van der Waals surface area contributed by atoms with Crippen LogP contribution in [0.1, 0.15) is 30.1 Å². The maximum Gasteiger partial charge on any atom is 0.175 e. The van der Waals surface area contributed by atoms with Crippen LogP contribution >= 0.6 is 15.9 Å². The van der Waals surface area contributed by atoms with E-state index in [1.807, 2.05) is 18.2 Å². The summed E-state index contributed by atoms with van der Waals surface area (Å²) in [6.07, 6.45) is 5.01. The molecule has 6 nitrogen and oxygen atoms in total. The van der Waals surface area contributed by atoms with E-state index in [0.29, 0.717) is 11.7 Å².